The number of carbonyl (C=O) groups excluding carboxylic acids is 1. The Morgan fingerprint density at radius 1 is 1.23 bits per heavy atom. The lowest BCUT2D eigenvalue weighted by Gasteiger charge is -2.35. The summed E-state index contributed by atoms with van der Waals surface area (Å²) in [5.41, 5.74) is 1.01. The lowest BCUT2D eigenvalue weighted by atomic mass is 9.92. The number of hydrogen-bond acceptors (Lipinski definition) is 6. The van der Waals surface area contributed by atoms with Gasteiger partial charge in [-0.05, 0) is 62.3 Å². The minimum atomic E-state index is 0.126. The number of amides is 1. The number of fused-ring (bicyclic) bond motifs is 1. The molecule has 1 aromatic heterocycles. The fraction of sp³-hybridized carbons (Fsp3) is 0.667. The molecule has 2 saturated heterocycles. The number of rotatable bonds is 7. The van der Waals surface area contributed by atoms with Crippen LogP contribution < -0.4 is 15.0 Å². The van der Waals surface area contributed by atoms with Crippen molar-refractivity contribution in [2.75, 3.05) is 51.3 Å². The van der Waals surface area contributed by atoms with Gasteiger partial charge in [0.1, 0.15) is 5.75 Å². The zero-order valence-electron chi connectivity index (χ0n) is 19.1. The Morgan fingerprint density at radius 2 is 1.97 bits per heavy atom. The van der Waals surface area contributed by atoms with Crippen LogP contribution in [-0.4, -0.2) is 62.2 Å². The first-order valence-electron chi connectivity index (χ1n) is 11.7. The molecular weight excluding hydrogens is 408 g/mol. The second kappa shape index (κ2) is 10.2. The molecule has 7 heteroatoms. The first kappa shape index (κ1) is 22.3. The molecule has 2 fully saturated rings. The van der Waals surface area contributed by atoms with Crippen LogP contribution in [0.15, 0.2) is 18.2 Å². The van der Waals surface area contributed by atoms with Crippen molar-refractivity contribution < 1.29 is 9.53 Å². The molecule has 2 atom stereocenters. The highest BCUT2D eigenvalue weighted by atomic mass is 32.1. The van der Waals surface area contributed by atoms with E-state index < -0.39 is 0 Å². The number of methoxy groups -OCH3 is 1. The first-order chi connectivity index (χ1) is 15.0. The highest BCUT2D eigenvalue weighted by Crippen LogP contribution is 2.33. The summed E-state index contributed by atoms with van der Waals surface area (Å²) in [5, 5.41) is 4.24. The number of piperidine rings is 2. The molecule has 1 N–H and O–H groups in total. The number of nitrogens with one attached hydrogen (secondary N) is 1. The van der Waals surface area contributed by atoms with E-state index in [1.54, 1.807) is 18.4 Å². The molecule has 0 aliphatic carbocycles. The van der Waals surface area contributed by atoms with E-state index in [1.165, 1.54) is 19.5 Å². The van der Waals surface area contributed by atoms with Gasteiger partial charge in [0.15, 0.2) is 5.13 Å². The summed E-state index contributed by atoms with van der Waals surface area (Å²) >= 11 is 1.70. The molecule has 1 amide bonds. The van der Waals surface area contributed by atoms with E-state index in [1.807, 2.05) is 18.2 Å². The number of nitrogens with zero attached hydrogens (tertiary/aromatic N) is 3. The van der Waals surface area contributed by atoms with Crippen LogP contribution in [0.1, 0.15) is 39.5 Å². The lowest BCUT2D eigenvalue weighted by molar-refractivity contribution is -0.125. The predicted molar refractivity (Wildman–Crippen MR) is 128 cm³/mol. The van der Waals surface area contributed by atoms with Crippen LogP contribution in [-0.2, 0) is 4.79 Å². The molecule has 0 spiro atoms. The highest BCUT2D eigenvalue weighted by Gasteiger charge is 2.26. The van der Waals surface area contributed by atoms with Crippen molar-refractivity contribution in [2.24, 2.45) is 17.8 Å². The number of anilines is 1. The van der Waals surface area contributed by atoms with Gasteiger partial charge in [0.2, 0.25) is 5.91 Å². The molecule has 0 saturated carbocycles. The van der Waals surface area contributed by atoms with Crippen molar-refractivity contribution >= 4 is 32.6 Å². The fourth-order valence-electron chi connectivity index (χ4n) is 5.12. The molecule has 2 unspecified atom stereocenters. The molecule has 3 heterocycles. The average Bonchev–Trinajstić information content (AvgIpc) is 3.19. The molecule has 1 aromatic carbocycles. The maximum atomic E-state index is 12.6. The molecule has 2 aliphatic rings. The Kier molecular flexibility index (Phi) is 7.33. The largest absolute Gasteiger partial charge is 0.497 e. The maximum absolute atomic E-state index is 12.6. The molecule has 0 bridgehead atoms. The quantitative estimate of drug-likeness (QED) is 0.654. The van der Waals surface area contributed by atoms with Gasteiger partial charge >= 0.3 is 0 Å². The zero-order valence-corrected chi connectivity index (χ0v) is 19.9. The van der Waals surface area contributed by atoms with Crippen LogP contribution in [0.3, 0.4) is 0 Å². The van der Waals surface area contributed by atoms with Gasteiger partial charge in [-0.3, -0.25) is 4.79 Å². The minimum Gasteiger partial charge on any atom is -0.497 e. The number of aromatic nitrogens is 1. The highest BCUT2D eigenvalue weighted by molar-refractivity contribution is 7.22. The zero-order chi connectivity index (χ0) is 21.8. The van der Waals surface area contributed by atoms with Crippen LogP contribution in [0, 0.1) is 17.8 Å². The van der Waals surface area contributed by atoms with Crippen LogP contribution in [0.4, 0.5) is 5.13 Å². The van der Waals surface area contributed by atoms with Crippen LogP contribution in [0.5, 0.6) is 5.75 Å². The summed E-state index contributed by atoms with van der Waals surface area (Å²) in [6.45, 7) is 10.8. The van der Waals surface area contributed by atoms with E-state index in [2.05, 4.69) is 29.0 Å². The summed E-state index contributed by atoms with van der Waals surface area (Å²) in [4.78, 5) is 22.3. The molecule has 31 heavy (non-hydrogen) atoms. The van der Waals surface area contributed by atoms with E-state index >= 15 is 0 Å². The monoisotopic (exact) mass is 444 g/mol. The summed E-state index contributed by atoms with van der Waals surface area (Å²) in [6, 6.07) is 6.01. The van der Waals surface area contributed by atoms with Crippen LogP contribution in [0.2, 0.25) is 0 Å². The molecule has 0 radical (unpaired) electrons. The topological polar surface area (TPSA) is 57.7 Å². The minimum absolute atomic E-state index is 0.126. The van der Waals surface area contributed by atoms with Crippen LogP contribution in [0.25, 0.3) is 10.2 Å². The van der Waals surface area contributed by atoms with E-state index in [0.717, 1.165) is 78.4 Å². The summed E-state index contributed by atoms with van der Waals surface area (Å²) in [7, 11) is 1.69. The SMILES string of the molecule is COc1ccc2nc(N3CCC(C(=O)NCCCN4CC(C)CC(C)C4)CC3)sc2c1. The van der Waals surface area contributed by atoms with Gasteiger partial charge < -0.3 is 19.9 Å². The standard InChI is InChI=1S/C24H36N4O2S/c1-17-13-18(2)16-27(15-17)10-4-9-25-23(29)19-7-11-28(12-8-19)24-26-21-6-5-20(30-3)14-22(21)31-24/h5-6,14,17-19H,4,7-13,15-16H2,1-3H3,(H,25,29). The molecule has 6 nitrogen and oxygen atoms in total. The number of carbonyl (C=O) groups is 1. The Bertz CT molecular complexity index is 868. The normalized spacial score (nSPS) is 23.3. The molecular formula is C24H36N4O2S. The predicted octanol–water partition coefficient (Wildman–Crippen LogP) is 4.01. The smallest absolute Gasteiger partial charge is 0.223 e. The van der Waals surface area contributed by atoms with E-state index in [4.69, 9.17) is 9.72 Å². The van der Waals surface area contributed by atoms with Crippen molar-refractivity contribution in [3.05, 3.63) is 18.2 Å². The van der Waals surface area contributed by atoms with Gasteiger partial charge in [-0.1, -0.05) is 25.2 Å². The van der Waals surface area contributed by atoms with E-state index in [9.17, 15) is 4.79 Å². The maximum Gasteiger partial charge on any atom is 0.223 e. The Hall–Kier alpha value is -1.86. The second-order valence-corrected chi connectivity index (χ2v) is 10.5. The third-order valence-corrected chi connectivity index (χ3v) is 7.69. The third kappa shape index (κ3) is 5.69. The molecule has 170 valence electrons. The fourth-order valence-corrected chi connectivity index (χ4v) is 6.17. The van der Waals surface area contributed by atoms with Crippen molar-refractivity contribution in [2.45, 2.75) is 39.5 Å². The van der Waals surface area contributed by atoms with Crippen LogP contribution >= 0.6 is 11.3 Å². The molecule has 2 aliphatic heterocycles. The lowest BCUT2D eigenvalue weighted by Crippen LogP contribution is -2.42. The third-order valence-electron chi connectivity index (χ3n) is 6.62. The number of thiazole rings is 1. The van der Waals surface area contributed by atoms with Crippen molar-refractivity contribution in [3.8, 4) is 5.75 Å². The number of hydrogen-bond donors (Lipinski definition) is 1. The number of ether oxygens (including phenoxy) is 1. The summed E-state index contributed by atoms with van der Waals surface area (Å²) in [6.07, 6.45) is 4.18. The summed E-state index contributed by atoms with van der Waals surface area (Å²) in [5.74, 6) is 2.80. The van der Waals surface area contributed by atoms with Gasteiger partial charge in [-0.2, -0.15) is 0 Å². The molecule has 4 rings (SSSR count). The Morgan fingerprint density at radius 3 is 2.68 bits per heavy atom. The second-order valence-electron chi connectivity index (χ2n) is 9.44. The van der Waals surface area contributed by atoms with Crippen molar-refractivity contribution in [3.63, 3.8) is 0 Å². The number of likely N-dealkylation sites (tertiary alicyclic amines) is 1. The van der Waals surface area contributed by atoms with Gasteiger partial charge in [0.25, 0.3) is 0 Å². The summed E-state index contributed by atoms with van der Waals surface area (Å²) < 4.78 is 6.46. The van der Waals surface area contributed by atoms with Crippen molar-refractivity contribution in [1.29, 1.82) is 0 Å². The Labute approximate surface area is 190 Å². The first-order valence-corrected chi connectivity index (χ1v) is 12.5. The van der Waals surface area contributed by atoms with E-state index in [0.29, 0.717) is 0 Å². The van der Waals surface area contributed by atoms with Gasteiger partial charge in [0.05, 0.1) is 17.3 Å². The van der Waals surface area contributed by atoms with Crippen molar-refractivity contribution in [1.82, 2.24) is 15.2 Å². The average molecular weight is 445 g/mol. The van der Waals surface area contributed by atoms with Gasteiger partial charge in [-0.15, -0.1) is 0 Å². The van der Waals surface area contributed by atoms with Gasteiger partial charge in [-0.25, -0.2) is 4.98 Å². The number of benzene rings is 1. The van der Waals surface area contributed by atoms with E-state index in [-0.39, 0.29) is 11.8 Å². The van der Waals surface area contributed by atoms with Gasteiger partial charge in [0, 0.05) is 38.6 Å². The Balaban J connectivity index is 1.19. The molecule has 2 aromatic rings.